The second-order valence-electron chi connectivity index (χ2n) is 21.4. The van der Waals surface area contributed by atoms with Gasteiger partial charge in [-0.25, -0.2) is 0 Å². The Kier molecular flexibility index (Phi) is 51.7. The summed E-state index contributed by atoms with van der Waals surface area (Å²) >= 11 is 0. The lowest BCUT2D eigenvalue weighted by Crippen LogP contribution is -2.07. The van der Waals surface area contributed by atoms with Crippen molar-refractivity contribution in [3.8, 4) is 0 Å². The molecule has 0 saturated carbocycles. The summed E-state index contributed by atoms with van der Waals surface area (Å²) in [6.45, 7) is 4.38. The van der Waals surface area contributed by atoms with Gasteiger partial charge < -0.3 is 10.2 Å². The molecule has 0 radical (unpaired) electrons. The van der Waals surface area contributed by atoms with Crippen LogP contribution in [0, 0.1) is 0 Å². The van der Waals surface area contributed by atoms with E-state index >= 15 is 0 Å². The van der Waals surface area contributed by atoms with Crippen LogP contribution in [0.3, 0.4) is 0 Å². The maximum absolute atomic E-state index is 12.3. The Morgan fingerprint density at radius 2 is 0.397 bits per heavy atom. The summed E-state index contributed by atoms with van der Waals surface area (Å²) in [5.41, 5.74) is 0. The van der Waals surface area contributed by atoms with Crippen molar-refractivity contribution in [1.82, 2.24) is 0 Å². The molecular formula is C61H114O7. The van der Waals surface area contributed by atoms with Gasteiger partial charge in [0.2, 0.25) is 0 Å². The van der Waals surface area contributed by atoms with Crippen LogP contribution >= 0.6 is 0 Å². The standard InChI is InChI=1S/C61H114O7/c1-3-5-33-43-55(62)45-37-27-21-23-31-41-51-60(67)53-58(65)49-39-29-19-15-11-7-9-13-17-25-35-47-57(64)48-36-26-18-14-10-8-12-16-20-30-40-50-59(66)54-61(68)52-42-32-24-22-28-38-46-56(63)44-34-6-4-2/h55-56,62-63H,3-54H2,1-2H3. The van der Waals surface area contributed by atoms with Crippen molar-refractivity contribution in [1.29, 1.82) is 0 Å². The van der Waals surface area contributed by atoms with Gasteiger partial charge in [-0.3, -0.25) is 24.0 Å². The molecule has 0 aliphatic carbocycles. The van der Waals surface area contributed by atoms with Gasteiger partial charge in [0.05, 0.1) is 25.0 Å². The van der Waals surface area contributed by atoms with E-state index in [2.05, 4.69) is 13.8 Å². The molecular weight excluding hydrogens is 845 g/mol. The summed E-state index contributed by atoms with van der Waals surface area (Å²) in [7, 11) is 0. The number of aliphatic hydroxyl groups excluding tert-OH is 2. The van der Waals surface area contributed by atoms with E-state index in [0.29, 0.717) is 31.5 Å². The lowest BCUT2D eigenvalue weighted by atomic mass is 10.0. The van der Waals surface area contributed by atoms with Gasteiger partial charge in [-0.1, -0.05) is 232 Å². The fourth-order valence-corrected chi connectivity index (χ4v) is 9.76. The normalized spacial score (nSPS) is 12.4. The molecule has 7 nitrogen and oxygen atoms in total. The van der Waals surface area contributed by atoms with Crippen molar-refractivity contribution in [3.63, 3.8) is 0 Å². The summed E-state index contributed by atoms with van der Waals surface area (Å²) in [6, 6.07) is 0. The molecule has 0 aromatic carbocycles. The Labute approximate surface area is 421 Å². The molecule has 400 valence electrons. The molecule has 0 spiro atoms. The van der Waals surface area contributed by atoms with Crippen molar-refractivity contribution in [2.75, 3.05) is 0 Å². The summed E-state index contributed by atoms with van der Waals surface area (Å²) in [6.07, 6.45) is 53.4. The van der Waals surface area contributed by atoms with E-state index in [9.17, 15) is 34.2 Å². The summed E-state index contributed by atoms with van der Waals surface area (Å²) in [5, 5.41) is 20.0. The van der Waals surface area contributed by atoms with Crippen LogP contribution in [0.25, 0.3) is 0 Å². The van der Waals surface area contributed by atoms with Crippen molar-refractivity contribution >= 4 is 28.9 Å². The second-order valence-corrected chi connectivity index (χ2v) is 21.4. The van der Waals surface area contributed by atoms with Crippen LogP contribution < -0.4 is 0 Å². The summed E-state index contributed by atoms with van der Waals surface area (Å²) in [5.74, 6) is 0.923. The Hall–Kier alpha value is -1.73. The van der Waals surface area contributed by atoms with Crippen molar-refractivity contribution in [3.05, 3.63) is 0 Å². The van der Waals surface area contributed by atoms with E-state index in [1.807, 2.05) is 0 Å². The third-order valence-electron chi connectivity index (χ3n) is 14.4. The third kappa shape index (κ3) is 52.1. The topological polar surface area (TPSA) is 126 Å². The average molecular weight is 960 g/mol. The monoisotopic (exact) mass is 959 g/mol. The van der Waals surface area contributed by atoms with Gasteiger partial charge in [0.1, 0.15) is 28.9 Å². The minimum absolute atomic E-state index is 0.116. The van der Waals surface area contributed by atoms with E-state index in [4.69, 9.17) is 0 Å². The van der Waals surface area contributed by atoms with Crippen molar-refractivity contribution in [2.45, 2.75) is 360 Å². The highest BCUT2D eigenvalue weighted by atomic mass is 16.3. The molecule has 0 fully saturated rings. The van der Waals surface area contributed by atoms with Gasteiger partial charge in [-0.15, -0.1) is 0 Å². The van der Waals surface area contributed by atoms with Gasteiger partial charge in [0.25, 0.3) is 0 Å². The number of ketones is 5. The van der Waals surface area contributed by atoms with Crippen LogP contribution in [0.5, 0.6) is 0 Å². The van der Waals surface area contributed by atoms with E-state index in [0.717, 1.165) is 154 Å². The van der Waals surface area contributed by atoms with Crippen LogP contribution in [0.1, 0.15) is 348 Å². The molecule has 0 rings (SSSR count). The highest BCUT2D eigenvalue weighted by Crippen LogP contribution is 2.19. The van der Waals surface area contributed by atoms with Crippen molar-refractivity contribution in [2.24, 2.45) is 0 Å². The Balaban J connectivity index is 3.40. The molecule has 2 unspecified atom stereocenters. The Morgan fingerprint density at radius 3 is 0.603 bits per heavy atom. The maximum atomic E-state index is 12.3. The van der Waals surface area contributed by atoms with Crippen LogP contribution in [-0.4, -0.2) is 51.3 Å². The lowest BCUT2D eigenvalue weighted by molar-refractivity contribution is -0.128. The van der Waals surface area contributed by atoms with Gasteiger partial charge in [0, 0.05) is 38.5 Å². The molecule has 0 saturated heterocycles. The van der Waals surface area contributed by atoms with Gasteiger partial charge in [-0.05, 0) is 64.2 Å². The number of unbranched alkanes of at least 4 members (excludes halogenated alkanes) is 34. The number of Topliss-reactive ketones (excluding diaryl/α,β-unsaturated/α-hetero) is 5. The fourth-order valence-electron chi connectivity index (χ4n) is 9.76. The zero-order valence-electron chi connectivity index (χ0n) is 45.4. The number of aliphatic hydroxyl groups is 2. The first-order chi connectivity index (χ1) is 33.2. The molecule has 7 heteroatoms. The van der Waals surface area contributed by atoms with E-state index in [-0.39, 0.29) is 48.2 Å². The minimum atomic E-state index is -0.133. The zero-order valence-corrected chi connectivity index (χ0v) is 45.4. The summed E-state index contributed by atoms with van der Waals surface area (Å²) in [4.78, 5) is 61.3. The number of rotatable bonds is 58. The molecule has 0 heterocycles. The minimum Gasteiger partial charge on any atom is -0.393 e. The maximum Gasteiger partial charge on any atom is 0.140 e. The molecule has 0 bridgehead atoms. The highest BCUT2D eigenvalue weighted by molar-refractivity contribution is 5.99. The number of carbonyl (C=O) groups excluding carboxylic acids is 5. The molecule has 0 aromatic heterocycles. The molecule has 2 N–H and O–H groups in total. The zero-order chi connectivity index (χ0) is 49.8. The molecule has 2 atom stereocenters. The quantitative estimate of drug-likeness (QED) is 0.0459. The molecule has 0 aromatic rings. The molecule has 0 aliphatic heterocycles. The largest absolute Gasteiger partial charge is 0.393 e. The van der Waals surface area contributed by atoms with Crippen LogP contribution in [0.15, 0.2) is 0 Å². The number of carbonyl (C=O) groups is 5. The van der Waals surface area contributed by atoms with Crippen LogP contribution in [0.4, 0.5) is 0 Å². The van der Waals surface area contributed by atoms with E-state index in [1.165, 1.54) is 141 Å². The predicted molar refractivity (Wildman–Crippen MR) is 288 cm³/mol. The molecule has 68 heavy (non-hydrogen) atoms. The first-order valence-corrected chi connectivity index (χ1v) is 30.1. The molecule has 0 amide bonds. The van der Waals surface area contributed by atoms with Gasteiger partial charge in [-0.2, -0.15) is 0 Å². The Morgan fingerprint density at radius 1 is 0.235 bits per heavy atom. The smallest absolute Gasteiger partial charge is 0.140 e. The second kappa shape index (κ2) is 53.1. The van der Waals surface area contributed by atoms with E-state index < -0.39 is 0 Å². The lowest BCUT2D eigenvalue weighted by Gasteiger charge is -2.09. The highest BCUT2D eigenvalue weighted by Gasteiger charge is 2.12. The van der Waals surface area contributed by atoms with E-state index in [1.54, 1.807) is 0 Å². The number of hydrogen-bond acceptors (Lipinski definition) is 7. The fraction of sp³-hybridized carbons (Fsp3) is 0.918. The van der Waals surface area contributed by atoms with Crippen molar-refractivity contribution < 1.29 is 34.2 Å². The Bertz CT molecular complexity index is 1060. The first kappa shape index (κ1) is 66.3. The van der Waals surface area contributed by atoms with Gasteiger partial charge in [0.15, 0.2) is 0 Å². The average Bonchev–Trinajstić information content (AvgIpc) is 3.31. The van der Waals surface area contributed by atoms with Crippen LogP contribution in [0.2, 0.25) is 0 Å². The number of hydrogen-bond donors (Lipinski definition) is 2. The predicted octanol–water partition coefficient (Wildman–Crippen LogP) is 17.9. The SMILES string of the molecule is CCCCCC(O)CCCCCCCCC(=O)CC(=O)CCCCCCCCCCCCCC(=O)CCCCCCCCCCCCCC(=O)CC(=O)CCCCCCCCC(O)CCCCC. The molecule has 0 aliphatic rings. The van der Waals surface area contributed by atoms with Gasteiger partial charge >= 0.3 is 0 Å². The first-order valence-electron chi connectivity index (χ1n) is 30.1. The third-order valence-corrected chi connectivity index (χ3v) is 14.4. The van der Waals surface area contributed by atoms with Crippen LogP contribution in [-0.2, 0) is 24.0 Å². The summed E-state index contributed by atoms with van der Waals surface area (Å²) < 4.78 is 0.